The van der Waals surface area contributed by atoms with E-state index in [4.69, 9.17) is 16.3 Å². The fraction of sp³-hybridized carbons (Fsp3) is 0.533. The summed E-state index contributed by atoms with van der Waals surface area (Å²) < 4.78 is 31.6. The van der Waals surface area contributed by atoms with Crippen LogP contribution in [0.15, 0.2) is 12.1 Å². The third-order valence-corrected chi connectivity index (χ3v) is 4.31. The molecule has 2 N–H and O–H groups in total. The minimum absolute atomic E-state index is 0.0675. The Morgan fingerprint density at radius 2 is 2.00 bits per heavy atom. The van der Waals surface area contributed by atoms with E-state index in [9.17, 15) is 13.6 Å². The minimum atomic E-state index is -1.09. The van der Waals surface area contributed by atoms with Gasteiger partial charge in [0.2, 0.25) is 0 Å². The van der Waals surface area contributed by atoms with Gasteiger partial charge in [-0.05, 0) is 38.1 Å². The van der Waals surface area contributed by atoms with Gasteiger partial charge in [0.25, 0.3) is 5.91 Å². The Morgan fingerprint density at radius 1 is 1.36 bits per heavy atom. The number of amides is 1. The summed E-state index contributed by atoms with van der Waals surface area (Å²) in [7, 11) is 1.62. The minimum Gasteiger partial charge on any atom is -0.384 e. The summed E-state index contributed by atoms with van der Waals surface area (Å²) in [5.74, 6) is -2.68. The van der Waals surface area contributed by atoms with E-state index in [1.165, 1.54) is 0 Å². The summed E-state index contributed by atoms with van der Waals surface area (Å²) in [5.41, 5.74) is -0.220. The number of rotatable bonds is 5. The standard InChI is InChI=1S/C15H19ClF2N2O2/c1-22-9-15(2-4-19-5-3-15)8-20-14(21)10-6-12(17)13(18)7-11(10)16/h6-7,19H,2-5,8-9H2,1H3,(H,20,21). The molecule has 1 aliphatic heterocycles. The van der Waals surface area contributed by atoms with Crippen LogP contribution in [-0.2, 0) is 4.74 Å². The van der Waals surface area contributed by atoms with Crippen molar-refractivity contribution in [2.45, 2.75) is 12.8 Å². The van der Waals surface area contributed by atoms with Gasteiger partial charge in [0.1, 0.15) is 0 Å². The highest BCUT2D eigenvalue weighted by molar-refractivity contribution is 6.33. The maximum atomic E-state index is 13.3. The number of benzene rings is 1. The summed E-state index contributed by atoms with van der Waals surface area (Å²) in [6.45, 7) is 2.63. The zero-order valence-corrected chi connectivity index (χ0v) is 13.1. The highest BCUT2D eigenvalue weighted by atomic mass is 35.5. The van der Waals surface area contributed by atoms with Crippen molar-refractivity contribution in [1.82, 2.24) is 10.6 Å². The molecule has 0 aromatic heterocycles. The van der Waals surface area contributed by atoms with Crippen molar-refractivity contribution < 1.29 is 18.3 Å². The molecule has 0 saturated carbocycles. The topological polar surface area (TPSA) is 50.4 Å². The van der Waals surface area contributed by atoms with Gasteiger partial charge in [-0.15, -0.1) is 0 Å². The van der Waals surface area contributed by atoms with E-state index < -0.39 is 17.5 Å². The molecule has 0 bridgehead atoms. The van der Waals surface area contributed by atoms with Crippen LogP contribution in [0, 0.1) is 17.0 Å². The van der Waals surface area contributed by atoms with E-state index >= 15 is 0 Å². The number of methoxy groups -OCH3 is 1. The summed E-state index contributed by atoms with van der Waals surface area (Å²) in [6, 6.07) is 1.62. The fourth-order valence-electron chi connectivity index (χ4n) is 2.70. The lowest BCUT2D eigenvalue weighted by Crippen LogP contribution is -2.47. The van der Waals surface area contributed by atoms with Gasteiger partial charge < -0.3 is 15.4 Å². The Bertz CT molecular complexity index is 543. The number of ether oxygens (including phenoxy) is 1. The molecular formula is C15H19ClF2N2O2. The van der Waals surface area contributed by atoms with Crippen LogP contribution in [0.1, 0.15) is 23.2 Å². The van der Waals surface area contributed by atoms with E-state index in [0.717, 1.165) is 38.1 Å². The second kappa shape index (κ2) is 7.35. The number of piperidine rings is 1. The molecule has 0 unspecified atom stereocenters. The average Bonchev–Trinajstić information content (AvgIpc) is 2.50. The summed E-state index contributed by atoms with van der Waals surface area (Å²) in [4.78, 5) is 12.2. The molecule has 1 aromatic rings. The van der Waals surface area contributed by atoms with E-state index in [-0.39, 0.29) is 16.0 Å². The van der Waals surface area contributed by atoms with Crippen molar-refractivity contribution in [3.05, 3.63) is 34.4 Å². The monoisotopic (exact) mass is 332 g/mol. The molecule has 2 rings (SSSR count). The zero-order chi connectivity index (χ0) is 16.2. The second-order valence-electron chi connectivity index (χ2n) is 5.61. The van der Waals surface area contributed by atoms with Gasteiger partial charge in [-0.1, -0.05) is 11.6 Å². The van der Waals surface area contributed by atoms with Crippen LogP contribution in [0.5, 0.6) is 0 Å². The maximum Gasteiger partial charge on any atom is 0.252 e. The molecule has 7 heteroatoms. The third kappa shape index (κ3) is 3.94. The lowest BCUT2D eigenvalue weighted by molar-refractivity contribution is 0.0511. The Hall–Kier alpha value is -1.24. The molecule has 22 heavy (non-hydrogen) atoms. The average molecular weight is 333 g/mol. The van der Waals surface area contributed by atoms with Crippen molar-refractivity contribution in [2.75, 3.05) is 33.4 Å². The number of hydrogen-bond acceptors (Lipinski definition) is 3. The largest absolute Gasteiger partial charge is 0.384 e. The Balaban J connectivity index is 2.06. The number of nitrogens with one attached hydrogen (secondary N) is 2. The Morgan fingerprint density at radius 3 is 2.64 bits per heavy atom. The van der Waals surface area contributed by atoms with Gasteiger partial charge in [0.15, 0.2) is 11.6 Å². The molecular weight excluding hydrogens is 314 g/mol. The van der Waals surface area contributed by atoms with Crippen LogP contribution in [0.25, 0.3) is 0 Å². The SMILES string of the molecule is COCC1(CNC(=O)c2cc(F)c(F)cc2Cl)CCNCC1. The highest BCUT2D eigenvalue weighted by Crippen LogP contribution is 2.28. The molecule has 1 aromatic carbocycles. The first-order chi connectivity index (χ1) is 10.5. The van der Waals surface area contributed by atoms with Gasteiger partial charge in [-0.3, -0.25) is 4.79 Å². The van der Waals surface area contributed by atoms with Gasteiger partial charge in [0, 0.05) is 19.1 Å². The molecule has 0 aliphatic carbocycles. The van der Waals surface area contributed by atoms with Crippen LogP contribution in [0.3, 0.4) is 0 Å². The fourth-order valence-corrected chi connectivity index (χ4v) is 2.93. The van der Waals surface area contributed by atoms with Crippen LogP contribution < -0.4 is 10.6 Å². The molecule has 122 valence electrons. The van der Waals surface area contributed by atoms with Gasteiger partial charge >= 0.3 is 0 Å². The number of carbonyl (C=O) groups is 1. The lowest BCUT2D eigenvalue weighted by Gasteiger charge is -2.37. The molecule has 1 amide bonds. The van der Waals surface area contributed by atoms with Crippen LogP contribution in [0.4, 0.5) is 8.78 Å². The lowest BCUT2D eigenvalue weighted by atomic mass is 9.79. The summed E-state index contributed by atoms with van der Waals surface area (Å²) in [6.07, 6.45) is 1.74. The van der Waals surface area contributed by atoms with Crippen LogP contribution in [0.2, 0.25) is 5.02 Å². The van der Waals surface area contributed by atoms with E-state index in [1.807, 2.05) is 0 Å². The predicted octanol–water partition coefficient (Wildman–Crippen LogP) is 2.36. The predicted molar refractivity (Wildman–Crippen MR) is 80.1 cm³/mol. The zero-order valence-electron chi connectivity index (χ0n) is 12.3. The van der Waals surface area contributed by atoms with Crippen molar-refractivity contribution in [3.8, 4) is 0 Å². The van der Waals surface area contributed by atoms with E-state index in [1.54, 1.807) is 7.11 Å². The van der Waals surface area contributed by atoms with Crippen molar-refractivity contribution in [3.63, 3.8) is 0 Å². The van der Waals surface area contributed by atoms with E-state index in [2.05, 4.69) is 10.6 Å². The molecule has 1 fully saturated rings. The van der Waals surface area contributed by atoms with Crippen LogP contribution >= 0.6 is 11.6 Å². The molecule has 0 atom stereocenters. The summed E-state index contributed by atoms with van der Waals surface area (Å²) >= 11 is 5.81. The molecule has 1 aliphatic rings. The third-order valence-electron chi connectivity index (χ3n) is 3.99. The molecule has 0 radical (unpaired) electrons. The molecule has 0 spiro atoms. The first-order valence-corrected chi connectivity index (χ1v) is 7.48. The Kier molecular flexibility index (Phi) is 5.72. The highest BCUT2D eigenvalue weighted by Gasteiger charge is 2.32. The number of carbonyl (C=O) groups excluding carboxylic acids is 1. The molecule has 1 saturated heterocycles. The number of halogens is 3. The van der Waals surface area contributed by atoms with E-state index in [0.29, 0.717) is 13.2 Å². The smallest absolute Gasteiger partial charge is 0.252 e. The molecule has 1 heterocycles. The van der Waals surface area contributed by atoms with Gasteiger partial charge in [-0.25, -0.2) is 8.78 Å². The van der Waals surface area contributed by atoms with Crippen molar-refractivity contribution in [2.24, 2.45) is 5.41 Å². The quantitative estimate of drug-likeness (QED) is 0.814. The first-order valence-electron chi connectivity index (χ1n) is 7.10. The first kappa shape index (κ1) is 17.1. The molecule has 4 nitrogen and oxygen atoms in total. The van der Waals surface area contributed by atoms with Gasteiger partial charge in [-0.2, -0.15) is 0 Å². The summed E-state index contributed by atoms with van der Waals surface area (Å²) in [5, 5.41) is 5.91. The Labute approximate surface area is 133 Å². The second-order valence-corrected chi connectivity index (χ2v) is 6.02. The number of hydrogen-bond donors (Lipinski definition) is 2. The van der Waals surface area contributed by atoms with Crippen LogP contribution in [-0.4, -0.2) is 39.3 Å². The van der Waals surface area contributed by atoms with Crippen molar-refractivity contribution in [1.29, 1.82) is 0 Å². The maximum absolute atomic E-state index is 13.3. The van der Waals surface area contributed by atoms with Crippen molar-refractivity contribution >= 4 is 17.5 Å². The van der Waals surface area contributed by atoms with Gasteiger partial charge in [0.05, 0.1) is 17.2 Å². The normalized spacial score (nSPS) is 17.3.